The highest BCUT2D eigenvalue weighted by molar-refractivity contribution is 6.06. The Morgan fingerprint density at radius 1 is 1.00 bits per heavy atom. The van der Waals surface area contributed by atoms with Crippen LogP contribution in [-0.4, -0.2) is 80.2 Å². The molecule has 12 nitrogen and oxygen atoms in total. The van der Waals surface area contributed by atoms with Crippen LogP contribution in [0.1, 0.15) is 75.6 Å². The number of anilines is 1. The fourth-order valence-electron chi connectivity index (χ4n) is 8.02. The lowest BCUT2D eigenvalue weighted by atomic mass is 9.88. The molecular formula is C42H48FN9O3. The van der Waals surface area contributed by atoms with Crippen molar-refractivity contribution in [1.82, 2.24) is 40.5 Å². The number of nitrogens with one attached hydrogen (secondary N) is 2. The lowest BCUT2D eigenvalue weighted by molar-refractivity contribution is 0.0682. The Kier molecular flexibility index (Phi) is 9.16. The summed E-state index contributed by atoms with van der Waals surface area (Å²) in [4.78, 5) is 12.6. The largest absolute Gasteiger partial charge is 0.486 e. The van der Waals surface area contributed by atoms with Crippen molar-refractivity contribution in [2.75, 3.05) is 31.7 Å². The van der Waals surface area contributed by atoms with E-state index in [0.29, 0.717) is 46.3 Å². The Labute approximate surface area is 319 Å². The highest BCUT2D eigenvalue weighted by atomic mass is 19.1. The minimum absolute atomic E-state index is 0.159. The van der Waals surface area contributed by atoms with Crippen molar-refractivity contribution >= 4 is 27.6 Å². The van der Waals surface area contributed by atoms with Gasteiger partial charge in [-0.15, -0.1) is 5.10 Å². The molecule has 13 heteroatoms. The van der Waals surface area contributed by atoms with Gasteiger partial charge in [-0.2, -0.15) is 15.1 Å². The summed E-state index contributed by atoms with van der Waals surface area (Å²) in [5, 5.41) is 21.6. The van der Waals surface area contributed by atoms with Gasteiger partial charge in [0.25, 0.3) is 0 Å². The highest BCUT2D eigenvalue weighted by Gasteiger charge is 2.40. The number of rotatable bonds is 13. The molecule has 3 fully saturated rings. The summed E-state index contributed by atoms with van der Waals surface area (Å²) in [6.45, 7) is 12.6. The number of halogens is 1. The Morgan fingerprint density at radius 3 is 2.53 bits per heavy atom. The van der Waals surface area contributed by atoms with Crippen molar-refractivity contribution in [3.63, 3.8) is 0 Å². The third kappa shape index (κ3) is 6.56. The van der Waals surface area contributed by atoms with Gasteiger partial charge in [-0.25, -0.2) is 9.07 Å². The first-order valence-electron chi connectivity index (χ1n) is 19.5. The molecular weight excluding hydrogens is 698 g/mol. The molecule has 9 rings (SSSR count). The minimum Gasteiger partial charge on any atom is -0.486 e. The average Bonchev–Trinajstić information content (AvgIpc) is 3.55. The Bertz CT molecular complexity index is 2370. The molecule has 4 atom stereocenters. The molecule has 2 aliphatic heterocycles. The fraction of sp³-hybridized carbons (Fsp3) is 0.452. The number of aromatic nitrogens is 7. The zero-order chi connectivity index (χ0) is 38.0. The minimum atomic E-state index is -0.309. The van der Waals surface area contributed by atoms with Crippen LogP contribution in [0.15, 0.2) is 48.8 Å². The number of fused-ring (bicyclic) bond motifs is 4. The summed E-state index contributed by atoms with van der Waals surface area (Å²) in [5.74, 6) is 1.85. The maximum absolute atomic E-state index is 15.8. The van der Waals surface area contributed by atoms with Gasteiger partial charge in [0, 0.05) is 59.7 Å². The molecule has 2 bridgehead atoms. The Morgan fingerprint density at radius 2 is 1.82 bits per heavy atom. The molecule has 6 aromatic rings. The summed E-state index contributed by atoms with van der Waals surface area (Å²) in [6, 6.07) is 13.2. The van der Waals surface area contributed by atoms with Crippen molar-refractivity contribution in [2.45, 2.75) is 90.6 Å². The van der Waals surface area contributed by atoms with Crippen LogP contribution in [0.2, 0.25) is 0 Å². The number of H-pyrrole nitrogens is 1. The molecule has 1 aliphatic carbocycles. The lowest BCUT2D eigenvalue weighted by Crippen LogP contribution is -2.44. The number of benzene rings is 3. The Balaban J connectivity index is 1.20. The van der Waals surface area contributed by atoms with E-state index >= 15 is 4.39 Å². The molecule has 0 radical (unpaired) electrons. The van der Waals surface area contributed by atoms with Crippen LogP contribution in [0.5, 0.6) is 11.8 Å². The second-order valence-corrected chi connectivity index (χ2v) is 15.9. The third-order valence-electron chi connectivity index (χ3n) is 11.8. The summed E-state index contributed by atoms with van der Waals surface area (Å²) in [6.07, 6.45) is 6.75. The van der Waals surface area contributed by atoms with Gasteiger partial charge in [-0.1, -0.05) is 43.3 Å². The van der Waals surface area contributed by atoms with Crippen molar-refractivity contribution in [3.05, 3.63) is 71.3 Å². The molecule has 3 unspecified atom stereocenters. The summed E-state index contributed by atoms with van der Waals surface area (Å²) >= 11 is 0. The molecule has 3 aliphatic rings. The van der Waals surface area contributed by atoms with E-state index in [-0.39, 0.29) is 37.2 Å². The van der Waals surface area contributed by atoms with Gasteiger partial charge < -0.3 is 24.4 Å². The number of methoxy groups -OCH3 is 1. The van der Waals surface area contributed by atoms with Crippen molar-refractivity contribution in [1.29, 1.82) is 0 Å². The molecule has 2 N–H and O–H groups in total. The van der Waals surface area contributed by atoms with Gasteiger partial charge in [-0.05, 0) is 80.7 Å². The number of hydrogen-bond acceptors (Lipinski definition) is 10. The van der Waals surface area contributed by atoms with Gasteiger partial charge in [-0.3, -0.25) is 5.10 Å². The first-order valence-corrected chi connectivity index (χ1v) is 19.5. The molecule has 3 aromatic heterocycles. The summed E-state index contributed by atoms with van der Waals surface area (Å²) < 4.78 is 36.6. The Hall–Kier alpha value is -5.14. The molecule has 2 saturated heterocycles. The monoisotopic (exact) mass is 745 g/mol. The predicted octanol–water partition coefficient (Wildman–Crippen LogP) is 7.52. The van der Waals surface area contributed by atoms with Crippen LogP contribution in [-0.2, 0) is 11.3 Å². The van der Waals surface area contributed by atoms with Crippen molar-refractivity contribution in [3.8, 4) is 34.1 Å². The third-order valence-corrected chi connectivity index (χ3v) is 11.8. The van der Waals surface area contributed by atoms with E-state index in [1.54, 1.807) is 13.3 Å². The molecule has 0 spiro atoms. The fourth-order valence-corrected chi connectivity index (χ4v) is 8.02. The first-order chi connectivity index (χ1) is 26.7. The quantitative estimate of drug-likeness (QED) is 0.123. The normalized spacial score (nSPS) is 19.2. The molecule has 3 aromatic carbocycles. The van der Waals surface area contributed by atoms with E-state index < -0.39 is 0 Å². The number of aromatic amines is 1. The highest BCUT2D eigenvalue weighted by Crippen LogP contribution is 2.53. The summed E-state index contributed by atoms with van der Waals surface area (Å²) in [5.41, 5.74) is 7.28. The topological polar surface area (TPSA) is 128 Å². The molecule has 0 amide bonds. The number of nitrogens with zero attached hydrogens (tertiary/aromatic N) is 7. The maximum atomic E-state index is 15.8. The SMILES string of the molecule is CO[C@@H](C)COc1nc(N2CC3CC2CN3)c2cc(C3CC3)c(-c3c(C)c(F)cc4[nH]ncc34)c(OCc3ccc(-c4cn(C(C)C(C)C)nn4)cc3)c2n1. The van der Waals surface area contributed by atoms with Gasteiger partial charge >= 0.3 is 6.01 Å². The van der Waals surface area contributed by atoms with Crippen LogP contribution in [0.3, 0.4) is 0 Å². The number of hydrogen-bond donors (Lipinski definition) is 2. The van der Waals surface area contributed by atoms with Gasteiger partial charge in [0.2, 0.25) is 0 Å². The van der Waals surface area contributed by atoms with Crippen LogP contribution < -0.4 is 19.7 Å². The van der Waals surface area contributed by atoms with Crippen LogP contribution >= 0.6 is 0 Å². The molecule has 286 valence electrons. The predicted molar refractivity (Wildman–Crippen MR) is 210 cm³/mol. The molecule has 55 heavy (non-hydrogen) atoms. The van der Waals surface area contributed by atoms with E-state index in [0.717, 1.165) is 82.5 Å². The van der Waals surface area contributed by atoms with E-state index in [1.165, 1.54) is 6.07 Å². The first kappa shape index (κ1) is 35.6. The number of piperazine rings is 1. The zero-order valence-corrected chi connectivity index (χ0v) is 32.3. The standard InChI is InChI=1S/C42H48FN9O3/c1-22(2)25(5)52-19-36(49-50-52)28-9-7-26(8-10-28)21-54-40-38(37-24(4)34(43)15-35-33(37)17-45-48-35)31(27-11-12-27)14-32-39(40)46-42(55-20-23(3)53-6)47-41(32)51-18-29-13-30(51)16-44-29/h7-10,14-15,17,19,22-23,25,27,29-30,44H,11-13,16,18,20-21H2,1-6H3,(H,45,48)/t23-,25?,29?,30?/m0/s1. The average molecular weight is 746 g/mol. The van der Waals surface area contributed by atoms with Gasteiger partial charge in [0.15, 0.2) is 5.75 Å². The zero-order valence-electron chi connectivity index (χ0n) is 32.3. The van der Waals surface area contributed by atoms with Crippen molar-refractivity contribution < 1.29 is 18.6 Å². The molecule has 1 saturated carbocycles. The lowest BCUT2D eigenvalue weighted by Gasteiger charge is -2.30. The second-order valence-electron chi connectivity index (χ2n) is 15.9. The summed E-state index contributed by atoms with van der Waals surface area (Å²) in [7, 11) is 1.66. The van der Waals surface area contributed by atoms with Crippen LogP contribution in [0.4, 0.5) is 10.2 Å². The maximum Gasteiger partial charge on any atom is 0.319 e. The van der Waals surface area contributed by atoms with Crippen LogP contribution in [0.25, 0.3) is 44.2 Å². The van der Waals surface area contributed by atoms with Crippen LogP contribution in [0, 0.1) is 18.7 Å². The molecule has 5 heterocycles. The van der Waals surface area contributed by atoms with Gasteiger partial charge in [0.05, 0.1) is 30.1 Å². The van der Waals surface area contributed by atoms with Crippen molar-refractivity contribution in [2.24, 2.45) is 5.92 Å². The van der Waals surface area contributed by atoms with E-state index in [4.69, 9.17) is 24.2 Å². The van der Waals surface area contributed by atoms with E-state index in [1.807, 2.05) is 24.7 Å². The van der Waals surface area contributed by atoms with E-state index in [2.05, 4.69) is 81.8 Å². The smallest absolute Gasteiger partial charge is 0.319 e. The van der Waals surface area contributed by atoms with E-state index in [9.17, 15) is 0 Å². The number of ether oxygens (including phenoxy) is 3. The van der Waals surface area contributed by atoms with Gasteiger partial charge in [0.1, 0.15) is 36.1 Å². The second kappa shape index (κ2) is 14.2.